The topological polar surface area (TPSA) is 78.9 Å². The molecule has 2 saturated heterocycles. The molecule has 6 nitrogen and oxygen atoms in total. The highest BCUT2D eigenvalue weighted by molar-refractivity contribution is 5.82. The Kier molecular flexibility index (Phi) is 5.15. The van der Waals surface area contributed by atoms with Gasteiger partial charge in [-0.3, -0.25) is 4.79 Å². The van der Waals surface area contributed by atoms with Crippen molar-refractivity contribution in [3.63, 3.8) is 0 Å². The molecule has 2 atom stereocenters. The van der Waals surface area contributed by atoms with Crippen LogP contribution in [0.2, 0.25) is 0 Å². The van der Waals surface area contributed by atoms with Gasteiger partial charge in [0.25, 0.3) is 0 Å². The molecule has 19 heavy (non-hydrogen) atoms. The minimum absolute atomic E-state index is 0.180. The van der Waals surface area contributed by atoms with E-state index in [9.17, 15) is 9.59 Å². The minimum atomic E-state index is -0.983. The summed E-state index contributed by atoms with van der Waals surface area (Å²) < 4.78 is 5.20. The van der Waals surface area contributed by atoms with Gasteiger partial charge in [0.15, 0.2) is 6.10 Å². The fraction of sp³-hybridized carbons (Fsp3) is 0.846. The maximum Gasteiger partial charge on any atom is 0.332 e. The summed E-state index contributed by atoms with van der Waals surface area (Å²) in [6.07, 6.45) is 3.27. The van der Waals surface area contributed by atoms with E-state index in [1.165, 1.54) is 19.3 Å². The van der Waals surface area contributed by atoms with E-state index in [1.54, 1.807) is 0 Å². The zero-order chi connectivity index (χ0) is 13.7. The summed E-state index contributed by atoms with van der Waals surface area (Å²) in [4.78, 5) is 24.9. The van der Waals surface area contributed by atoms with Crippen molar-refractivity contribution in [2.75, 3.05) is 26.2 Å². The van der Waals surface area contributed by atoms with Crippen LogP contribution in [-0.2, 0) is 14.3 Å². The fourth-order valence-corrected chi connectivity index (χ4v) is 2.65. The summed E-state index contributed by atoms with van der Waals surface area (Å²) in [6, 6.07) is 0. The molecule has 108 valence electrons. The van der Waals surface area contributed by atoms with Gasteiger partial charge in [0.05, 0.1) is 0 Å². The molecule has 0 radical (unpaired) electrons. The molecule has 1 amide bonds. The van der Waals surface area contributed by atoms with E-state index in [4.69, 9.17) is 9.84 Å². The Bertz CT molecular complexity index is 329. The van der Waals surface area contributed by atoms with Gasteiger partial charge >= 0.3 is 5.97 Å². The normalized spacial score (nSPS) is 28.2. The second kappa shape index (κ2) is 6.86. The van der Waals surface area contributed by atoms with Crippen molar-refractivity contribution in [3.8, 4) is 0 Å². The molecule has 0 aromatic rings. The fourth-order valence-electron chi connectivity index (χ4n) is 2.65. The average molecular weight is 270 g/mol. The second-order valence-corrected chi connectivity index (χ2v) is 5.22. The Labute approximate surface area is 113 Å². The van der Waals surface area contributed by atoms with Gasteiger partial charge in [-0.25, -0.2) is 4.79 Å². The first-order valence-electron chi connectivity index (χ1n) is 7.05. The van der Waals surface area contributed by atoms with Crippen LogP contribution in [0.25, 0.3) is 0 Å². The third-order valence-corrected chi connectivity index (χ3v) is 3.76. The van der Waals surface area contributed by atoms with Crippen molar-refractivity contribution in [2.45, 2.75) is 44.3 Å². The van der Waals surface area contributed by atoms with E-state index in [1.807, 2.05) is 0 Å². The lowest BCUT2D eigenvalue weighted by Crippen LogP contribution is -2.41. The molecule has 0 aromatic heterocycles. The molecule has 2 N–H and O–H groups in total. The van der Waals surface area contributed by atoms with Crippen LogP contribution in [0.15, 0.2) is 0 Å². The number of amides is 1. The molecule has 0 saturated carbocycles. The smallest absolute Gasteiger partial charge is 0.332 e. The largest absolute Gasteiger partial charge is 0.479 e. The Morgan fingerprint density at radius 1 is 1.16 bits per heavy atom. The monoisotopic (exact) mass is 270 g/mol. The molecule has 2 aliphatic heterocycles. The van der Waals surface area contributed by atoms with Crippen molar-refractivity contribution >= 4 is 11.9 Å². The summed E-state index contributed by atoms with van der Waals surface area (Å²) in [5.74, 6) is -1.16. The molecule has 0 bridgehead atoms. The number of aliphatic carboxylic acids is 1. The number of ether oxygens (including phenoxy) is 1. The van der Waals surface area contributed by atoms with E-state index in [2.05, 4.69) is 10.2 Å². The molecular formula is C13H22N2O4. The van der Waals surface area contributed by atoms with Crippen molar-refractivity contribution in [2.24, 2.45) is 0 Å². The quantitative estimate of drug-likeness (QED) is 0.747. The van der Waals surface area contributed by atoms with Gasteiger partial charge in [-0.1, -0.05) is 6.42 Å². The minimum Gasteiger partial charge on any atom is -0.479 e. The van der Waals surface area contributed by atoms with Crippen LogP contribution in [0.1, 0.15) is 32.1 Å². The number of hydrogen-bond acceptors (Lipinski definition) is 4. The standard InChI is InChI=1S/C13H22N2O4/c16-12(10-4-5-11(19-10)13(17)18)14-6-9-15-7-2-1-3-8-15/h10-11H,1-9H2,(H,14,16)(H,17,18)/t10-,11+/m0/s1. The van der Waals surface area contributed by atoms with Gasteiger partial charge in [-0.2, -0.15) is 0 Å². The van der Waals surface area contributed by atoms with Crippen LogP contribution < -0.4 is 5.32 Å². The van der Waals surface area contributed by atoms with Crippen LogP contribution in [0.3, 0.4) is 0 Å². The Morgan fingerprint density at radius 3 is 2.47 bits per heavy atom. The van der Waals surface area contributed by atoms with Crippen LogP contribution >= 0.6 is 0 Å². The van der Waals surface area contributed by atoms with Crippen molar-refractivity contribution < 1.29 is 19.4 Å². The molecule has 0 spiro atoms. The zero-order valence-corrected chi connectivity index (χ0v) is 11.1. The number of carboxylic acids is 1. The molecule has 0 unspecified atom stereocenters. The van der Waals surface area contributed by atoms with Crippen molar-refractivity contribution in [1.29, 1.82) is 0 Å². The van der Waals surface area contributed by atoms with Gasteiger partial charge in [0, 0.05) is 13.1 Å². The summed E-state index contributed by atoms with van der Waals surface area (Å²) in [5.41, 5.74) is 0. The lowest BCUT2D eigenvalue weighted by molar-refractivity contribution is -0.151. The van der Waals surface area contributed by atoms with Gasteiger partial charge in [0.1, 0.15) is 6.10 Å². The van der Waals surface area contributed by atoms with Gasteiger partial charge < -0.3 is 20.1 Å². The van der Waals surface area contributed by atoms with Crippen LogP contribution in [0.5, 0.6) is 0 Å². The third kappa shape index (κ3) is 4.18. The lowest BCUT2D eigenvalue weighted by Gasteiger charge is -2.26. The Morgan fingerprint density at radius 2 is 1.84 bits per heavy atom. The second-order valence-electron chi connectivity index (χ2n) is 5.22. The highest BCUT2D eigenvalue weighted by Crippen LogP contribution is 2.19. The first-order chi connectivity index (χ1) is 9.16. The molecule has 2 rings (SSSR count). The van der Waals surface area contributed by atoms with Crippen LogP contribution in [0.4, 0.5) is 0 Å². The number of carbonyl (C=O) groups excluding carboxylic acids is 1. The van der Waals surface area contributed by atoms with Crippen molar-refractivity contribution in [1.82, 2.24) is 10.2 Å². The van der Waals surface area contributed by atoms with Crippen molar-refractivity contribution in [3.05, 3.63) is 0 Å². The summed E-state index contributed by atoms with van der Waals surface area (Å²) >= 11 is 0. The number of carboxylic acid groups (broad SMARTS) is 1. The number of likely N-dealkylation sites (tertiary alicyclic amines) is 1. The summed E-state index contributed by atoms with van der Waals surface area (Å²) in [5, 5.41) is 11.6. The zero-order valence-electron chi connectivity index (χ0n) is 11.1. The Balaban J connectivity index is 1.63. The van der Waals surface area contributed by atoms with E-state index >= 15 is 0 Å². The molecule has 2 fully saturated rings. The number of carbonyl (C=O) groups is 2. The lowest BCUT2D eigenvalue weighted by atomic mass is 10.1. The molecule has 2 heterocycles. The molecular weight excluding hydrogens is 248 g/mol. The molecule has 0 aromatic carbocycles. The number of nitrogens with zero attached hydrogens (tertiary/aromatic N) is 1. The van der Waals surface area contributed by atoms with E-state index < -0.39 is 18.2 Å². The summed E-state index contributed by atoms with van der Waals surface area (Å²) in [6.45, 7) is 3.69. The van der Waals surface area contributed by atoms with E-state index in [-0.39, 0.29) is 5.91 Å². The average Bonchev–Trinajstić information content (AvgIpc) is 2.89. The van der Waals surface area contributed by atoms with Gasteiger partial charge in [0.2, 0.25) is 5.91 Å². The SMILES string of the molecule is O=C(NCCN1CCCCC1)[C@@H]1CC[C@H](C(=O)O)O1. The maximum atomic E-state index is 11.8. The predicted octanol–water partition coefficient (Wildman–Crippen LogP) is 0.221. The molecule has 2 aliphatic rings. The number of hydrogen-bond donors (Lipinski definition) is 2. The Hall–Kier alpha value is -1.14. The first-order valence-corrected chi connectivity index (χ1v) is 7.05. The van der Waals surface area contributed by atoms with Gasteiger partial charge in [-0.15, -0.1) is 0 Å². The third-order valence-electron chi connectivity index (χ3n) is 3.76. The number of rotatable bonds is 5. The number of piperidine rings is 1. The van der Waals surface area contributed by atoms with Gasteiger partial charge in [-0.05, 0) is 38.8 Å². The van der Waals surface area contributed by atoms with Crippen LogP contribution in [0, 0.1) is 0 Å². The number of nitrogens with one attached hydrogen (secondary N) is 1. The first kappa shape index (κ1) is 14.3. The van der Waals surface area contributed by atoms with Crippen LogP contribution in [-0.4, -0.2) is 60.3 Å². The maximum absolute atomic E-state index is 11.8. The molecule has 0 aliphatic carbocycles. The highest BCUT2D eigenvalue weighted by atomic mass is 16.5. The predicted molar refractivity (Wildman–Crippen MR) is 68.8 cm³/mol. The van der Waals surface area contributed by atoms with E-state index in [0.29, 0.717) is 19.4 Å². The highest BCUT2D eigenvalue weighted by Gasteiger charge is 2.34. The summed E-state index contributed by atoms with van der Waals surface area (Å²) in [7, 11) is 0. The van der Waals surface area contributed by atoms with E-state index in [0.717, 1.165) is 19.6 Å². The molecule has 6 heteroatoms.